The van der Waals surface area contributed by atoms with E-state index in [-0.39, 0.29) is 12.7 Å². The van der Waals surface area contributed by atoms with Gasteiger partial charge in [0.25, 0.3) is 0 Å². The van der Waals surface area contributed by atoms with Gasteiger partial charge in [0.15, 0.2) is 0 Å². The molecule has 108 valence electrons. The summed E-state index contributed by atoms with van der Waals surface area (Å²) in [5.74, 6) is 0.674. The van der Waals surface area contributed by atoms with Crippen LogP contribution in [0.25, 0.3) is 0 Å². The van der Waals surface area contributed by atoms with Crippen LogP contribution in [0.2, 0.25) is 0 Å². The Morgan fingerprint density at radius 2 is 2.11 bits per heavy atom. The number of aliphatic hydroxyl groups excluding tert-OH is 2. The van der Waals surface area contributed by atoms with Gasteiger partial charge in [0.05, 0.1) is 11.8 Å². The second-order valence-electron chi connectivity index (χ2n) is 5.36. The molecule has 1 saturated carbocycles. The summed E-state index contributed by atoms with van der Waals surface area (Å²) in [6.07, 6.45) is 6.64. The lowest BCUT2D eigenvalue weighted by molar-refractivity contribution is 0.108. The summed E-state index contributed by atoms with van der Waals surface area (Å²) in [7, 11) is 0. The van der Waals surface area contributed by atoms with Gasteiger partial charge >= 0.3 is 0 Å². The number of aliphatic hydroxyl groups is 2. The molecule has 0 atom stereocenters. The molecule has 1 aromatic heterocycles. The molecule has 19 heavy (non-hydrogen) atoms. The van der Waals surface area contributed by atoms with Gasteiger partial charge in [0, 0.05) is 25.9 Å². The molecule has 1 heterocycles. The highest BCUT2D eigenvalue weighted by Crippen LogP contribution is 2.23. The average molecular weight is 268 g/mol. The smallest absolute Gasteiger partial charge is 0.0964 e. The lowest BCUT2D eigenvalue weighted by Gasteiger charge is -2.25. The number of aryl methyl sites for hydroxylation is 1. The van der Waals surface area contributed by atoms with Gasteiger partial charge in [0.2, 0.25) is 0 Å². The number of nitrogens with zero attached hydrogens (tertiary/aromatic N) is 3. The molecular formula is C13H24N4O2. The third-order valence-electron chi connectivity index (χ3n) is 3.69. The van der Waals surface area contributed by atoms with Gasteiger partial charge in [-0.3, -0.25) is 4.68 Å². The van der Waals surface area contributed by atoms with Gasteiger partial charge in [-0.05, 0) is 44.6 Å². The molecule has 0 saturated heterocycles. The first-order chi connectivity index (χ1) is 9.28. The minimum absolute atomic E-state index is 0.0809. The predicted molar refractivity (Wildman–Crippen MR) is 71.4 cm³/mol. The first kappa shape index (κ1) is 14.4. The van der Waals surface area contributed by atoms with E-state index in [2.05, 4.69) is 15.6 Å². The third-order valence-corrected chi connectivity index (χ3v) is 3.69. The van der Waals surface area contributed by atoms with E-state index in [1.54, 1.807) is 4.68 Å². The Kier molecular flexibility index (Phi) is 5.75. The van der Waals surface area contributed by atoms with Crippen molar-refractivity contribution in [2.24, 2.45) is 5.92 Å². The van der Waals surface area contributed by atoms with Crippen molar-refractivity contribution in [1.29, 1.82) is 0 Å². The summed E-state index contributed by atoms with van der Waals surface area (Å²) in [6, 6.07) is 0. The fourth-order valence-corrected chi connectivity index (χ4v) is 2.51. The van der Waals surface area contributed by atoms with Crippen molar-refractivity contribution >= 4 is 0 Å². The van der Waals surface area contributed by atoms with Crippen LogP contribution in [-0.2, 0) is 13.1 Å². The molecule has 0 spiro atoms. The first-order valence-electron chi connectivity index (χ1n) is 7.16. The molecule has 6 heteroatoms. The Balaban J connectivity index is 1.63. The van der Waals surface area contributed by atoms with Crippen LogP contribution < -0.4 is 5.32 Å². The molecule has 1 aromatic rings. The van der Waals surface area contributed by atoms with Crippen LogP contribution in [-0.4, -0.2) is 44.5 Å². The van der Waals surface area contributed by atoms with E-state index >= 15 is 0 Å². The van der Waals surface area contributed by atoms with E-state index in [1.165, 1.54) is 0 Å². The summed E-state index contributed by atoms with van der Waals surface area (Å²) in [5.41, 5.74) is 0.939. The summed E-state index contributed by atoms with van der Waals surface area (Å²) in [6.45, 7) is 2.61. The number of hydrogen-bond donors (Lipinski definition) is 3. The number of rotatable bonds is 7. The minimum atomic E-state index is -0.0809. The summed E-state index contributed by atoms with van der Waals surface area (Å²) in [5, 5.41) is 29.7. The lowest BCUT2D eigenvalue weighted by Crippen LogP contribution is -2.27. The van der Waals surface area contributed by atoms with E-state index in [0.29, 0.717) is 18.9 Å². The summed E-state index contributed by atoms with van der Waals surface area (Å²) in [4.78, 5) is 0. The number of hydrogen-bond acceptors (Lipinski definition) is 5. The van der Waals surface area contributed by atoms with Crippen LogP contribution in [0, 0.1) is 5.92 Å². The highest BCUT2D eigenvalue weighted by atomic mass is 16.3. The first-order valence-corrected chi connectivity index (χ1v) is 7.16. The van der Waals surface area contributed by atoms with Crippen molar-refractivity contribution in [1.82, 2.24) is 20.3 Å². The third kappa shape index (κ3) is 4.89. The standard InChI is InChI=1S/C13H24N4O2/c18-7-1-6-17-10-12(15-16-17)9-14-8-11-2-4-13(19)5-3-11/h10-11,13-14,18-19H,1-9H2. The molecule has 0 amide bonds. The molecule has 2 rings (SSSR count). The van der Waals surface area contributed by atoms with Crippen molar-refractivity contribution in [2.45, 2.75) is 51.3 Å². The Labute approximate surface area is 113 Å². The Hall–Kier alpha value is -0.980. The van der Waals surface area contributed by atoms with Crippen molar-refractivity contribution in [3.05, 3.63) is 11.9 Å². The zero-order valence-electron chi connectivity index (χ0n) is 11.3. The zero-order valence-corrected chi connectivity index (χ0v) is 11.3. The number of aromatic nitrogens is 3. The Morgan fingerprint density at radius 3 is 2.84 bits per heavy atom. The van der Waals surface area contributed by atoms with Crippen molar-refractivity contribution in [3.63, 3.8) is 0 Å². The van der Waals surface area contributed by atoms with Crippen LogP contribution in [0.4, 0.5) is 0 Å². The van der Waals surface area contributed by atoms with Crippen LogP contribution in [0.1, 0.15) is 37.8 Å². The molecule has 1 aliphatic rings. The van der Waals surface area contributed by atoms with Crippen LogP contribution >= 0.6 is 0 Å². The average Bonchev–Trinajstić information content (AvgIpc) is 2.87. The normalized spacial score (nSPS) is 23.7. The van der Waals surface area contributed by atoms with Crippen LogP contribution in [0.3, 0.4) is 0 Å². The quantitative estimate of drug-likeness (QED) is 0.662. The monoisotopic (exact) mass is 268 g/mol. The summed E-state index contributed by atoms with van der Waals surface area (Å²) >= 11 is 0. The van der Waals surface area contributed by atoms with Gasteiger partial charge in [0.1, 0.15) is 0 Å². The summed E-state index contributed by atoms with van der Waals surface area (Å²) < 4.78 is 1.77. The minimum Gasteiger partial charge on any atom is -0.396 e. The van der Waals surface area contributed by atoms with E-state index < -0.39 is 0 Å². The molecule has 0 radical (unpaired) electrons. The zero-order chi connectivity index (χ0) is 13.5. The number of nitrogens with one attached hydrogen (secondary N) is 1. The maximum Gasteiger partial charge on any atom is 0.0964 e. The van der Waals surface area contributed by atoms with Crippen molar-refractivity contribution in [2.75, 3.05) is 13.2 Å². The molecule has 1 fully saturated rings. The molecular weight excluding hydrogens is 244 g/mol. The van der Waals surface area contributed by atoms with Gasteiger partial charge < -0.3 is 15.5 Å². The van der Waals surface area contributed by atoms with Crippen molar-refractivity contribution in [3.8, 4) is 0 Å². The van der Waals surface area contributed by atoms with E-state index in [4.69, 9.17) is 5.11 Å². The van der Waals surface area contributed by atoms with Gasteiger partial charge in [-0.15, -0.1) is 5.10 Å². The van der Waals surface area contributed by atoms with Gasteiger partial charge in [-0.25, -0.2) is 0 Å². The molecule has 0 aliphatic heterocycles. The molecule has 3 N–H and O–H groups in total. The molecule has 6 nitrogen and oxygen atoms in total. The van der Waals surface area contributed by atoms with E-state index in [0.717, 1.165) is 44.5 Å². The SMILES string of the molecule is OCCCn1cc(CNCC2CCC(O)CC2)nn1. The fraction of sp³-hybridized carbons (Fsp3) is 0.846. The molecule has 0 aromatic carbocycles. The highest BCUT2D eigenvalue weighted by molar-refractivity contribution is 4.91. The highest BCUT2D eigenvalue weighted by Gasteiger charge is 2.18. The second-order valence-corrected chi connectivity index (χ2v) is 5.36. The molecule has 0 unspecified atom stereocenters. The van der Waals surface area contributed by atoms with Crippen LogP contribution in [0.5, 0.6) is 0 Å². The second kappa shape index (κ2) is 7.57. The van der Waals surface area contributed by atoms with Gasteiger partial charge in [-0.2, -0.15) is 0 Å². The van der Waals surface area contributed by atoms with Crippen molar-refractivity contribution < 1.29 is 10.2 Å². The fourth-order valence-electron chi connectivity index (χ4n) is 2.51. The Bertz CT molecular complexity index is 361. The maximum absolute atomic E-state index is 9.44. The molecule has 0 bridgehead atoms. The van der Waals surface area contributed by atoms with Crippen LogP contribution in [0.15, 0.2) is 6.20 Å². The Morgan fingerprint density at radius 1 is 1.32 bits per heavy atom. The maximum atomic E-state index is 9.44. The predicted octanol–water partition coefficient (Wildman–Crippen LogP) is 0.301. The largest absolute Gasteiger partial charge is 0.396 e. The van der Waals surface area contributed by atoms with E-state index in [9.17, 15) is 5.11 Å². The topological polar surface area (TPSA) is 83.2 Å². The van der Waals surface area contributed by atoms with Gasteiger partial charge in [-0.1, -0.05) is 5.21 Å². The van der Waals surface area contributed by atoms with E-state index in [1.807, 2.05) is 6.20 Å². The molecule has 1 aliphatic carbocycles. The lowest BCUT2D eigenvalue weighted by atomic mass is 9.87.